The number of benzene rings is 1. The summed E-state index contributed by atoms with van der Waals surface area (Å²) in [6.45, 7) is 8.53. The summed E-state index contributed by atoms with van der Waals surface area (Å²) in [4.78, 5) is 2.41. The molecule has 2 heteroatoms. The van der Waals surface area contributed by atoms with Crippen LogP contribution < -0.4 is 10.6 Å². The van der Waals surface area contributed by atoms with Gasteiger partial charge in [0.2, 0.25) is 0 Å². The highest BCUT2D eigenvalue weighted by atomic mass is 15.1. The maximum absolute atomic E-state index is 6.28. The molecule has 96 valence electrons. The molecule has 0 radical (unpaired) electrons. The first kappa shape index (κ1) is 14.0. The van der Waals surface area contributed by atoms with E-state index < -0.39 is 0 Å². The Labute approximate surface area is 106 Å². The van der Waals surface area contributed by atoms with Crippen LogP contribution in [0, 0.1) is 0 Å². The number of rotatable bonds is 7. The fourth-order valence-corrected chi connectivity index (χ4v) is 1.84. The number of hydrogen-bond acceptors (Lipinski definition) is 2. The Bertz CT molecular complexity index is 306. The molecule has 0 aliphatic heterocycles. The van der Waals surface area contributed by atoms with Crippen molar-refractivity contribution in [1.29, 1.82) is 0 Å². The summed E-state index contributed by atoms with van der Waals surface area (Å²) in [7, 11) is 0. The van der Waals surface area contributed by atoms with Crippen molar-refractivity contribution in [2.24, 2.45) is 5.73 Å². The molecule has 1 aromatic rings. The third-order valence-corrected chi connectivity index (χ3v) is 3.26. The molecule has 0 bridgehead atoms. The first-order valence-corrected chi connectivity index (χ1v) is 6.68. The van der Waals surface area contributed by atoms with Gasteiger partial charge in [0.1, 0.15) is 0 Å². The highest BCUT2D eigenvalue weighted by Crippen LogP contribution is 2.18. The molecule has 2 nitrogen and oxygen atoms in total. The molecule has 0 aromatic heterocycles. The number of hydrogen-bond donors (Lipinski definition) is 1. The van der Waals surface area contributed by atoms with E-state index in [1.165, 1.54) is 18.5 Å². The quantitative estimate of drug-likeness (QED) is 0.783. The van der Waals surface area contributed by atoms with E-state index in [1.54, 1.807) is 0 Å². The molecule has 2 N–H and O–H groups in total. The van der Waals surface area contributed by atoms with E-state index in [4.69, 9.17) is 5.73 Å². The van der Waals surface area contributed by atoms with E-state index in [2.05, 4.69) is 56.0 Å². The molecule has 1 aromatic carbocycles. The molecule has 0 aliphatic carbocycles. The summed E-state index contributed by atoms with van der Waals surface area (Å²) in [5.41, 5.74) is 7.46. The van der Waals surface area contributed by atoms with Crippen LogP contribution >= 0.6 is 0 Å². The molecule has 0 saturated heterocycles. The van der Waals surface area contributed by atoms with Gasteiger partial charge in [0.15, 0.2) is 0 Å². The molecule has 1 unspecified atom stereocenters. The summed E-state index contributed by atoms with van der Waals surface area (Å²) >= 11 is 0. The Hall–Kier alpha value is -1.02. The largest absolute Gasteiger partial charge is 0.370 e. The van der Waals surface area contributed by atoms with Crippen molar-refractivity contribution in [3.63, 3.8) is 0 Å². The minimum Gasteiger partial charge on any atom is -0.370 e. The van der Waals surface area contributed by atoms with Gasteiger partial charge in [-0.1, -0.05) is 38.5 Å². The van der Waals surface area contributed by atoms with E-state index in [1.807, 2.05) is 0 Å². The van der Waals surface area contributed by atoms with Gasteiger partial charge in [0.05, 0.1) is 0 Å². The molecule has 1 atom stereocenters. The van der Waals surface area contributed by atoms with E-state index in [-0.39, 0.29) is 5.54 Å². The lowest BCUT2D eigenvalue weighted by Gasteiger charge is -2.33. The van der Waals surface area contributed by atoms with Gasteiger partial charge in [0.25, 0.3) is 0 Å². The van der Waals surface area contributed by atoms with Crippen LogP contribution in [0.1, 0.15) is 40.0 Å². The van der Waals surface area contributed by atoms with Gasteiger partial charge >= 0.3 is 0 Å². The van der Waals surface area contributed by atoms with Gasteiger partial charge < -0.3 is 10.6 Å². The zero-order valence-corrected chi connectivity index (χ0v) is 11.4. The molecule has 1 rings (SSSR count). The Balaban J connectivity index is 2.74. The summed E-state index contributed by atoms with van der Waals surface area (Å²) in [5, 5.41) is 0. The van der Waals surface area contributed by atoms with Gasteiger partial charge in [-0.2, -0.15) is 0 Å². The predicted molar refractivity (Wildman–Crippen MR) is 76.4 cm³/mol. The van der Waals surface area contributed by atoms with E-state index in [0.29, 0.717) is 0 Å². The molecule has 0 aliphatic rings. The van der Waals surface area contributed by atoms with E-state index in [9.17, 15) is 0 Å². The number of unbranched alkanes of at least 4 members (excludes halogenated alkanes) is 1. The van der Waals surface area contributed by atoms with Crippen molar-refractivity contribution in [2.75, 3.05) is 18.0 Å². The molecule has 0 amide bonds. The average Bonchev–Trinajstić information content (AvgIpc) is 2.35. The summed E-state index contributed by atoms with van der Waals surface area (Å²) in [5.74, 6) is 0. The highest BCUT2D eigenvalue weighted by molar-refractivity contribution is 5.46. The topological polar surface area (TPSA) is 29.3 Å². The molecule has 0 heterocycles. The van der Waals surface area contributed by atoms with Crippen LogP contribution in [-0.2, 0) is 0 Å². The van der Waals surface area contributed by atoms with Gasteiger partial charge in [0, 0.05) is 24.3 Å². The monoisotopic (exact) mass is 234 g/mol. The number of nitrogens with two attached hydrogens (primary N) is 1. The van der Waals surface area contributed by atoms with E-state index in [0.717, 1.165) is 19.5 Å². The third kappa shape index (κ3) is 4.78. The Kier molecular flexibility index (Phi) is 5.49. The van der Waals surface area contributed by atoms with Gasteiger partial charge in [-0.05, 0) is 31.9 Å². The maximum atomic E-state index is 6.28. The second-order valence-corrected chi connectivity index (χ2v) is 5.12. The standard InChI is InChI=1S/C15H26N2/c1-4-6-12-17(13-15(3,16)5-2)14-10-8-7-9-11-14/h7-11H,4-6,12-13,16H2,1-3H3. The van der Waals surface area contributed by atoms with E-state index >= 15 is 0 Å². The minimum absolute atomic E-state index is 0.108. The van der Waals surface area contributed by atoms with Gasteiger partial charge in [-0.15, -0.1) is 0 Å². The first-order chi connectivity index (χ1) is 8.09. The SMILES string of the molecule is CCCCN(CC(C)(N)CC)c1ccccc1. The maximum Gasteiger partial charge on any atom is 0.0366 e. The van der Waals surface area contributed by atoms with Crippen molar-refractivity contribution in [3.8, 4) is 0 Å². The summed E-state index contributed by atoms with van der Waals surface area (Å²) < 4.78 is 0. The minimum atomic E-state index is -0.108. The Morgan fingerprint density at radius 2 is 1.82 bits per heavy atom. The van der Waals surface area contributed by atoms with Gasteiger partial charge in [-0.25, -0.2) is 0 Å². The van der Waals surface area contributed by atoms with Crippen LogP contribution in [0.4, 0.5) is 5.69 Å². The lowest BCUT2D eigenvalue weighted by atomic mass is 9.99. The zero-order valence-electron chi connectivity index (χ0n) is 11.4. The molecule has 0 fully saturated rings. The number of para-hydroxylation sites is 1. The average molecular weight is 234 g/mol. The van der Waals surface area contributed by atoms with Crippen LogP contribution in [0.15, 0.2) is 30.3 Å². The van der Waals surface area contributed by atoms with Crippen LogP contribution in [-0.4, -0.2) is 18.6 Å². The number of nitrogens with zero attached hydrogens (tertiary/aromatic N) is 1. The van der Waals surface area contributed by atoms with Crippen LogP contribution in [0.25, 0.3) is 0 Å². The normalized spacial score (nSPS) is 14.4. The fraction of sp³-hybridized carbons (Fsp3) is 0.600. The Morgan fingerprint density at radius 1 is 1.18 bits per heavy atom. The van der Waals surface area contributed by atoms with Crippen molar-refractivity contribution in [1.82, 2.24) is 0 Å². The summed E-state index contributed by atoms with van der Waals surface area (Å²) in [6.07, 6.45) is 3.44. The summed E-state index contributed by atoms with van der Waals surface area (Å²) in [6, 6.07) is 10.6. The molecular formula is C15H26N2. The van der Waals surface area contributed by atoms with Crippen molar-refractivity contribution in [3.05, 3.63) is 30.3 Å². The third-order valence-electron chi connectivity index (χ3n) is 3.26. The second kappa shape index (κ2) is 6.65. The van der Waals surface area contributed by atoms with Crippen LogP contribution in [0.2, 0.25) is 0 Å². The zero-order chi connectivity index (χ0) is 12.7. The molecule has 17 heavy (non-hydrogen) atoms. The highest BCUT2D eigenvalue weighted by Gasteiger charge is 2.20. The lowest BCUT2D eigenvalue weighted by Crippen LogP contribution is -2.47. The number of anilines is 1. The first-order valence-electron chi connectivity index (χ1n) is 6.68. The second-order valence-electron chi connectivity index (χ2n) is 5.12. The van der Waals surface area contributed by atoms with Crippen molar-refractivity contribution in [2.45, 2.75) is 45.6 Å². The predicted octanol–water partition coefficient (Wildman–Crippen LogP) is 3.42. The molecule has 0 spiro atoms. The van der Waals surface area contributed by atoms with Crippen LogP contribution in [0.5, 0.6) is 0 Å². The lowest BCUT2D eigenvalue weighted by molar-refractivity contribution is 0.444. The van der Waals surface area contributed by atoms with Crippen molar-refractivity contribution >= 4 is 5.69 Å². The van der Waals surface area contributed by atoms with Gasteiger partial charge in [-0.3, -0.25) is 0 Å². The fourth-order valence-electron chi connectivity index (χ4n) is 1.84. The van der Waals surface area contributed by atoms with Crippen molar-refractivity contribution < 1.29 is 0 Å². The Morgan fingerprint density at radius 3 is 2.35 bits per heavy atom. The molecule has 0 saturated carbocycles. The van der Waals surface area contributed by atoms with Crippen LogP contribution in [0.3, 0.4) is 0 Å². The molecular weight excluding hydrogens is 208 g/mol. The smallest absolute Gasteiger partial charge is 0.0366 e.